The number of hydrogen-bond donors (Lipinski definition) is 1. The third-order valence-corrected chi connectivity index (χ3v) is 5.34. The van der Waals surface area contributed by atoms with Gasteiger partial charge in [0.1, 0.15) is 18.0 Å². The second-order valence-electron chi connectivity index (χ2n) is 7.27. The van der Waals surface area contributed by atoms with Crippen molar-refractivity contribution in [2.24, 2.45) is 0 Å². The highest BCUT2D eigenvalue weighted by atomic mass is 15.3. The van der Waals surface area contributed by atoms with Gasteiger partial charge in [-0.25, -0.2) is 9.97 Å². The highest BCUT2D eigenvalue weighted by molar-refractivity contribution is 5.62. The lowest BCUT2D eigenvalue weighted by Crippen LogP contribution is -2.44. The Morgan fingerprint density at radius 1 is 0.808 bits per heavy atom. The lowest BCUT2D eigenvalue weighted by Gasteiger charge is -2.33. The number of piperazine rings is 1. The van der Waals surface area contributed by atoms with Crippen molar-refractivity contribution in [3.63, 3.8) is 0 Å². The fourth-order valence-corrected chi connectivity index (χ4v) is 3.68. The Labute approximate surface area is 155 Å². The average molecular weight is 352 g/mol. The van der Waals surface area contributed by atoms with Crippen LogP contribution >= 0.6 is 0 Å². The van der Waals surface area contributed by atoms with Crippen LogP contribution in [-0.4, -0.2) is 61.2 Å². The van der Waals surface area contributed by atoms with Gasteiger partial charge in [0.2, 0.25) is 0 Å². The molecule has 6 nitrogen and oxygen atoms in total. The molecule has 2 aliphatic heterocycles. The molecule has 2 aliphatic rings. The van der Waals surface area contributed by atoms with Gasteiger partial charge in [-0.3, -0.25) is 0 Å². The standard InChI is InChI=1S/C20H28N6/c1-24-11-13-26(14-12-24)20-15-19(21-16-22-20)23-17-5-7-18(8-6-17)25-9-3-2-4-10-25/h5-8,15-16H,2-4,9-14H2,1H3,(H,21,22,23). The summed E-state index contributed by atoms with van der Waals surface area (Å²) in [6.45, 7) is 6.52. The molecular weight excluding hydrogens is 324 g/mol. The van der Waals surface area contributed by atoms with Crippen molar-refractivity contribution in [3.05, 3.63) is 36.7 Å². The van der Waals surface area contributed by atoms with E-state index in [0.717, 1.165) is 43.5 Å². The first-order chi connectivity index (χ1) is 12.8. The van der Waals surface area contributed by atoms with Crippen LogP contribution in [0.1, 0.15) is 19.3 Å². The third-order valence-electron chi connectivity index (χ3n) is 5.34. The highest BCUT2D eigenvalue weighted by Gasteiger charge is 2.16. The van der Waals surface area contributed by atoms with Crippen LogP contribution in [0.2, 0.25) is 0 Å². The molecule has 1 aromatic carbocycles. The lowest BCUT2D eigenvalue weighted by atomic mass is 10.1. The van der Waals surface area contributed by atoms with Crippen LogP contribution in [0.4, 0.5) is 23.0 Å². The van der Waals surface area contributed by atoms with Crippen molar-refractivity contribution >= 4 is 23.0 Å². The molecule has 3 heterocycles. The van der Waals surface area contributed by atoms with Crippen LogP contribution in [-0.2, 0) is 0 Å². The number of anilines is 4. The Bertz CT molecular complexity index is 702. The van der Waals surface area contributed by atoms with Gasteiger partial charge in [-0.15, -0.1) is 0 Å². The molecule has 2 fully saturated rings. The molecule has 1 aromatic heterocycles. The molecule has 26 heavy (non-hydrogen) atoms. The Morgan fingerprint density at radius 2 is 1.54 bits per heavy atom. The SMILES string of the molecule is CN1CCN(c2cc(Nc3ccc(N4CCCCC4)cc3)ncn2)CC1. The first-order valence-corrected chi connectivity index (χ1v) is 9.65. The predicted molar refractivity (Wildman–Crippen MR) is 108 cm³/mol. The van der Waals surface area contributed by atoms with Crippen LogP contribution in [0.25, 0.3) is 0 Å². The third kappa shape index (κ3) is 4.07. The molecule has 0 radical (unpaired) electrons. The minimum Gasteiger partial charge on any atom is -0.372 e. The number of rotatable bonds is 4. The first kappa shape index (κ1) is 17.1. The van der Waals surface area contributed by atoms with E-state index in [1.54, 1.807) is 6.33 Å². The van der Waals surface area contributed by atoms with Crippen LogP contribution in [0.15, 0.2) is 36.7 Å². The maximum atomic E-state index is 4.45. The molecule has 0 unspecified atom stereocenters. The summed E-state index contributed by atoms with van der Waals surface area (Å²) in [7, 11) is 2.16. The van der Waals surface area contributed by atoms with Gasteiger partial charge in [-0.1, -0.05) is 0 Å². The summed E-state index contributed by atoms with van der Waals surface area (Å²) >= 11 is 0. The zero-order chi connectivity index (χ0) is 17.8. The minimum atomic E-state index is 0.847. The number of likely N-dealkylation sites (N-methyl/N-ethyl adjacent to an activating group) is 1. The average Bonchev–Trinajstić information content (AvgIpc) is 2.70. The molecule has 2 aromatic rings. The van der Waals surface area contributed by atoms with E-state index < -0.39 is 0 Å². The van der Waals surface area contributed by atoms with Gasteiger partial charge in [0, 0.05) is 56.7 Å². The molecule has 0 atom stereocenters. The molecule has 6 heteroatoms. The van der Waals surface area contributed by atoms with Crippen molar-refractivity contribution in [2.45, 2.75) is 19.3 Å². The van der Waals surface area contributed by atoms with Gasteiger partial charge in [-0.2, -0.15) is 0 Å². The van der Waals surface area contributed by atoms with E-state index in [1.165, 1.54) is 38.0 Å². The number of benzene rings is 1. The molecule has 0 saturated carbocycles. The van der Waals surface area contributed by atoms with Crippen molar-refractivity contribution in [1.29, 1.82) is 0 Å². The summed E-state index contributed by atoms with van der Waals surface area (Å²) in [6.07, 6.45) is 5.61. The largest absolute Gasteiger partial charge is 0.372 e. The molecule has 2 saturated heterocycles. The Morgan fingerprint density at radius 3 is 2.27 bits per heavy atom. The molecule has 4 rings (SSSR count). The van der Waals surface area contributed by atoms with Crippen LogP contribution < -0.4 is 15.1 Å². The van der Waals surface area contributed by atoms with Crippen LogP contribution in [0, 0.1) is 0 Å². The predicted octanol–water partition coefficient (Wildman–Crippen LogP) is 2.96. The summed E-state index contributed by atoms with van der Waals surface area (Å²) in [5.41, 5.74) is 2.38. The maximum Gasteiger partial charge on any atom is 0.135 e. The Hall–Kier alpha value is -2.34. The normalized spacial score (nSPS) is 18.8. The van der Waals surface area contributed by atoms with Crippen molar-refractivity contribution in [1.82, 2.24) is 14.9 Å². The Kier molecular flexibility index (Phi) is 5.20. The first-order valence-electron chi connectivity index (χ1n) is 9.65. The van der Waals surface area contributed by atoms with Crippen molar-refractivity contribution in [2.75, 3.05) is 61.4 Å². The highest BCUT2D eigenvalue weighted by Crippen LogP contribution is 2.24. The monoisotopic (exact) mass is 352 g/mol. The van der Waals surface area contributed by atoms with Gasteiger partial charge < -0.3 is 20.0 Å². The van der Waals surface area contributed by atoms with Gasteiger partial charge in [-0.05, 0) is 50.6 Å². The Balaban J connectivity index is 1.41. The quantitative estimate of drug-likeness (QED) is 0.913. The zero-order valence-corrected chi connectivity index (χ0v) is 15.6. The zero-order valence-electron chi connectivity index (χ0n) is 15.6. The number of piperidine rings is 1. The minimum absolute atomic E-state index is 0.847. The molecule has 138 valence electrons. The van der Waals surface area contributed by atoms with E-state index in [4.69, 9.17) is 0 Å². The van der Waals surface area contributed by atoms with Gasteiger partial charge in [0.25, 0.3) is 0 Å². The molecule has 1 N–H and O–H groups in total. The van der Waals surface area contributed by atoms with Crippen molar-refractivity contribution < 1.29 is 0 Å². The fourth-order valence-electron chi connectivity index (χ4n) is 3.68. The fraction of sp³-hybridized carbons (Fsp3) is 0.500. The number of nitrogens with zero attached hydrogens (tertiary/aromatic N) is 5. The lowest BCUT2D eigenvalue weighted by molar-refractivity contribution is 0.312. The van der Waals surface area contributed by atoms with E-state index in [0.29, 0.717) is 0 Å². The summed E-state index contributed by atoms with van der Waals surface area (Å²) in [5, 5.41) is 3.42. The topological polar surface area (TPSA) is 47.5 Å². The van der Waals surface area contributed by atoms with E-state index in [1.807, 2.05) is 6.07 Å². The summed E-state index contributed by atoms with van der Waals surface area (Å²) in [6, 6.07) is 10.7. The van der Waals surface area contributed by atoms with Gasteiger partial charge in [0.05, 0.1) is 0 Å². The second-order valence-corrected chi connectivity index (χ2v) is 7.27. The van der Waals surface area contributed by atoms with E-state index in [-0.39, 0.29) is 0 Å². The molecule has 0 amide bonds. The number of nitrogens with one attached hydrogen (secondary N) is 1. The summed E-state index contributed by atoms with van der Waals surface area (Å²) < 4.78 is 0. The van der Waals surface area contributed by atoms with E-state index in [2.05, 4.69) is 61.3 Å². The second kappa shape index (κ2) is 7.91. The summed E-state index contributed by atoms with van der Waals surface area (Å²) in [4.78, 5) is 16.0. The maximum absolute atomic E-state index is 4.45. The van der Waals surface area contributed by atoms with E-state index in [9.17, 15) is 0 Å². The summed E-state index contributed by atoms with van der Waals surface area (Å²) in [5.74, 6) is 1.85. The number of aromatic nitrogens is 2. The van der Waals surface area contributed by atoms with Crippen LogP contribution in [0.5, 0.6) is 0 Å². The number of hydrogen-bond acceptors (Lipinski definition) is 6. The molecule has 0 aliphatic carbocycles. The van der Waals surface area contributed by atoms with E-state index >= 15 is 0 Å². The van der Waals surface area contributed by atoms with Crippen LogP contribution in [0.3, 0.4) is 0 Å². The molecular formula is C20H28N6. The smallest absolute Gasteiger partial charge is 0.135 e. The molecule has 0 bridgehead atoms. The van der Waals surface area contributed by atoms with Gasteiger partial charge in [0.15, 0.2) is 0 Å². The van der Waals surface area contributed by atoms with Gasteiger partial charge >= 0.3 is 0 Å². The molecule has 0 spiro atoms. The van der Waals surface area contributed by atoms with Crippen molar-refractivity contribution in [3.8, 4) is 0 Å².